The van der Waals surface area contributed by atoms with Crippen molar-refractivity contribution < 1.29 is 4.79 Å². The summed E-state index contributed by atoms with van der Waals surface area (Å²) in [4.78, 5) is 14.2. The minimum absolute atomic E-state index is 0.0971. The zero-order valence-corrected chi connectivity index (χ0v) is 14.2. The molecule has 2 aromatic rings. The molecule has 0 atom stereocenters. The molecule has 23 heavy (non-hydrogen) atoms. The number of benzene rings is 2. The summed E-state index contributed by atoms with van der Waals surface area (Å²) in [6.07, 6.45) is 0. The highest BCUT2D eigenvalue weighted by Crippen LogP contribution is 2.17. The number of nitrogens with one attached hydrogen (secondary N) is 2. The molecule has 0 saturated heterocycles. The van der Waals surface area contributed by atoms with Crippen LogP contribution in [0.3, 0.4) is 0 Å². The molecule has 5 heteroatoms. The van der Waals surface area contributed by atoms with E-state index in [1.165, 1.54) is 5.69 Å². The lowest BCUT2D eigenvalue weighted by Gasteiger charge is -2.21. The fourth-order valence-electron chi connectivity index (χ4n) is 2.30. The van der Waals surface area contributed by atoms with Gasteiger partial charge >= 0.3 is 0 Å². The van der Waals surface area contributed by atoms with Crippen LogP contribution in [0.15, 0.2) is 48.5 Å². The van der Waals surface area contributed by atoms with Crippen molar-refractivity contribution in [1.82, 2.24) is 0 Å². The molecule has 0 spiro atoms. The van der Waals surface area contributed by atoms with E-state index in [1.54, 1.807) is 24.3 Å². The van der Waals surface area contributed by atoms with E-state index < -0.39 is 0 Å². The van der Waals surface area contributed by atoms with E-state index in [0.717, 1.165) is 24.5 Å². The molecular formula is C18H22ClN3O. The highest BCUT2D eigenvalue weighted by molar-refractivity contribution is 6.30. The van der Waals surface area contributed by atoms with Crippen molar-refractivity contribution in [3.8, 4) is 0 Å². The second-order valence-electron chi connectivity index (χ2n) is 5.13. The minimum Gasteiger partial charge on any atom is -0.376 e. The summed E-state index contributed by atoms with van der Waals surface area (Å²) in [7, 11) is 0. The summed E-state index contributed by atoms with van der Waals surface area (Å²) in [5.41, 5.74) is 2.84. The third-order valence-electron chi connectivity index (χ3n) is 3.58. The molecule has 122 valence electrons. The number of carbonyl (C=O) groups is 1. The van der Waals surface area contributed by atoms with Crippen molar-refractivity contribution in [2.24, 2.45) is 0 Å². The van der Waals surface area contributed by atoms with Crippen LogP contribution < -0.4 is 15.5 Å². The number of anilines is 3. The van der Waals surface area contributed by atoms with Crippen LogP contribution in [-0.4, -0.2) is 25.5 Å². The highest BCUT2D eigenvalue weighted by Gasteiger charge is 2.04. The Hall–Kier alpha value is -2.20. The number of hydrogen-bond acceptors (Lipinski definition) is 3. The maximum absolute atomic E-state index is 11.9. The Morgan fingerprint density at radius 2 is 1.52 bits per heavy atom. The Kier molecular flexibility index (Phi) is 6.29. The van der Waals surface area contributed by atoms with Crippen LogP contribution >= 0.6 is 11.6 Å². The molecule has 0 aromatic heterocycles. The molecule has 2 N–H and O–H groups in total. The first-order chi connectivity index (χ1) is 11.1. The largest absolute Gasteiger partial charge is 0.376 e. The molecule has 0 heterocycles. The quantitative estimate of drug-likeness (QED) is 0.797. The molecule has 0 aliphatic carbocycles. The van der Waals surface area contributed by atoms with E-state index in [9.17, 15) is 4.79 Å². The van der Waals surface area contributed by atoms with Gasteiger partial charge < -0.3 is 15.5 Å². The molecular weight excluding hydrogens is 310 g/mol. The van der Waals surface area contributed by atoms with Crippen molar-refractivity contribution in [3.63, 3.8) is 0 Å². The topological polar surface area (TPSA) is 44.4 Å². The van der Waals surface area contributed by atoms with Gasteiger partial charge in [0.15, 0.2) is 0 Å². The third-order valence-corrected chi connectivity index (χ3v) is 3.83. The molecule has 4 nitrogen and oxygen atoms in total. The van der Waals surface area contributed by atoms with Crippen molar-refractivity contribution in [2.75, 3.05) is 35.2 Å². The van der Waals surface area contributed by atoms with Gasteiger partial charge in [-0.15, -0.1) is 0 Å². The van der Waals surface area contributed by atoms with Gasteiger partial charge in [0.2, 0.25) is 5.91 Å². The monoisotopic (exact) mass is 331 g/mol. The van der Waals surface area contributed by atoms with Crippen LogP contribution in [0.2, 0.25) is 5.02 Å². The SMILES string of the molecule is CCN(CC)c1ccc(NCC(=O)Nc2ccc(Cl)cc2)cc1. The molecule has 0 aliphatic heterocycles. The van der Waals surface area contributed by atoms with Gasteiger partial charge in [0.05, 0.1) is 6.54 Å². The van der Waals surface area contributed by atoms with Crippen molar-refractivity contribution >= 4 is 34.6 Å². The summed E-state index contributed by atoms with van der Waals surface area (Å²) in [5.74, 6) is -0.0971. The van der Waals surface area contributed by atoms with E-state index >= 15 is 0 Å². The standard InChI is InChI=1S/C18H22ClN3O/c1-3-22(4-2)17-11-9-15(10-12-17)20-13-18(23)21-16-7-5-14(19)6-8-16/h5-12,20H,3-4,13H2,1-2H3,(H,21,23). The number of amides is 1. The van der Waals surface area contributed by atoms with E-state index in [0.29, 0.717) is 5.02 Å². The smallest absolute Gasteiger partial charge is 0.243 e. The second-order valence-corrected chi connectivity index (χ2v) is 5.56. The first-order valence-electron chi connectivity index (χ1n) is 7.76. The van der Waals surface area contributed by atoms with Crippen LogP contribution in [0.5, 0.6) is 0 Å². The van der Waals surface area contributed by atoms with Crippen LogP contribution in [0, 0.1) is 0 Å². The molecule has 2 rings (SSSR count). The number of rotatable bonds is 7. The van der Waals surface area contributed by atoms with Crippen LogP contribution in [-0.2, 0) is 4.79 Å². The van der Waals surface area contributed by atoms with E-state index in [1.807, 2.05) is 12.1 Å². The number of hydrogen-bond donors (Lipinski definition) is 2. The summed E-state index contributed by atoms with van der Waals surface area (Å²) in [6, 6.07) is 15.1. The first-order valence-corrected chi connectivity index (χ1v) is 8.14. The van der Waals surface area contributed by atoms with E-state index in [4.69, 9.17) is 11.6 Å². The van der Waals surface area contributed by atoms with Crippen LogP contribution in [0.1, 0.15) is 13.8 Å². The highest BCUT2D eigenvalue weighted by atomic mass is 35.5. The summed E-state index contributed by atoms with van der Waals surface area (Å²) in [6.45, 7) is 6.44. The molecule has 0 bridgehead atoms. The first kappa shape index (κ1) is 17.2. The fraction of sp³-hybridized carbons (Fsp3) is 0.278. The Morgan fingerprint density at radius 1 is 0.957 bits per heavy atom. The Morgan fingerprint density at radius 3 is 2.09 bits per heavy atom. The number of carbonyl (C=O) groups excluding carboxylic acids is 1. The van der Waals surface area contributed by atoms with Crippen LogP contribution in [0.4, 0.5) is 17.1 Å². The maximum Gasteiger partial charge on any atom is 0.243 e. The van der Waals surface area contributed by atoms with Crippen molar-refractivity contribution in [1.29, 1.82) is 0 Å². The lowest BCUT2D eigenvalue weighted by Crippen LogP contribution is -2.22. The van der Waals surface area contributed by atoms with Gasteiger partial charge in [0.1, 0.15) is 0 Å². The average Bonchev–Trinajstić information content (AvgIpc) is 2.57. The molecule has 1 amide bonds. The summed E-state index contributed by atoms with van der Waals surface area (Å²) >= 11 is 5.82. The Balaban J connectivity index is 1.85. The van der Waals surface area contributed by atoms with Gasteiger partial charge in [0, 0.05) is 35.2 Å². The number of halogens is 1. The Bertz CT molecular complexity index is 622. The zero-order chi connectivity index (χ0) is 16.7. The summed E-state index contributed by atoms with van der Waals surface area (Å²) < 4.78 is 0. The Labute approximate surface area is 142 Å². The number of nitrogens with zero attached hydrogens (tertiary/aromatic N) is 1. The van der Waals surface area contributed by atoms with E-state index in [-0.39, 0.29) is 12.5 Å². The predicted molar refractivity (Wildman–Crippen MR) is 98.6 cm³/mol. The summed E-state index contributed by atoms with van der Waals surface area (Å²) in [5, 5.41) is 6.59. The van der Waals surface area contributed by atoms with Gasteiger partial charge in [-0.25, -0.2) is 0 Å². The third kappa shape index (κ3) is 5.18. The van der Waals surface area contributed by atoms with Crippen molar-refractivity contribution in [2.45, 2.75) is 13.8 Å². The molecule has 0 aliphatic rings. The lowest BCUT2D eigenvalue weighted by molar-refractivity contribution is -0.114. The lowest BCUT2D eigenvalue weighted by atomic mass is 10.2. The molecule has 0 radical (unpaired) electrons. The maximum atomic E-state index is 11.9. The second kappa shape index (κ2) is 8.44. The normalized spacial score (nSPS) is 10.2. The van der Waals surface area contributed by atoms with Gasteiger partial charge in [0.25, 0.3) is 0 Å². The average molecular weight is 332 g/mol. The zero-order valence-electron chi connectivity index (χ0n) is 13.5. The minimum atomic E-state index is -0.0971. The van der Waals surface area contributed by atoms with E-state index in [2.05, 4.69) is 41.5 Å². The molecule has 0 unspecified atom stereocenters. The molecule has 2 aromatic carbocycles. The molecule has 0 fully saturated rings. The molecule has 0 saturated carbocycles. The van der Waals surface area contributed by atoms with Gasteiger partial charge in [-0.05, 0) is 62.4 Å². The van der Waals surface area contributed by atoms with Gasteiger partial charge in [-0.3, -0.25) is 4.79 Å². The van der Waals surface area contributed by atoms with Gasteiger partial charge in [-0.2, -0.15) is 0 Å². The van der Waals surface area contributed by atoms with Gasteiger partial charge in [-0.1, -0.05) is 11.6 Å². The van der Waals surface area contributed by atoms with Crippen LogP contribution in [0.25, 0.3) is 0 Å². The van der Waals surface area contributed by atoms with Crippen molar-refractivity contribution in [3.05, 3.63) is 53.6 Å². The fourth-order valence-corrected chi connectivity index (χ4v) is 2.43. The predicted octanol–water partition coefficient (Wildman–Crippen LogP) is 4.24.